The minimum atomic E-state index is -0.0691. The molecule has 1 saturated heterocycles. The fourth-order valence-electron chi connectivity index (χ4n) is 3.62. The molecule has 0 aromatic heterocycles. The van der Waals surface area contributed by atoms with Gasteiger partial charge < -0.3 is 16.0 Å². The molecule has 0 bridgehead atoms. The summed E-state index contributed by atoms with van der Waals surface area (Å²) >= 11 is 0. The summed E-state index contributed by atoms with van der Waals surface area (Å²) in [6.07, 6.45) is 5.99. The van der Waals surface area contributed by atoms with Gasteiger partial charge in [-0.2, -0.15) is 0 Å². The van der Waals surface area contributed by atoms with Crippen LogP contribution >= 0.6 is 0 Å². The van der Waals surface area contributed by atoms with Gasteiger partial charge in [0.15, 0.2) is 0 Å². The molecular weight excluding hydrogens is 302 g/mol. The Morgan fingerprint density at radius 3 is 2.25 bits per heavy atom. The summed E-state index contributed by atoms with van der Waals surface area (Å²) < 4.78 is 0. The number of aryl methyl sites for hydroxylation is 1. The molecule has 5 nitrogen and oxygen atoms in total. The summed E-state index contributed by atoms with van der Waals surface area (Å²) in [5, 5.41) is 9.52. The second kappa shape index (κ2) is 7.79. The van der Waals surface area contributed by atoms with E-state index in [4.69, 9.17) is 0 Å². The molecule has 2 fully saturated rings. The summed E-state index contributed by atoms with van der Waals surface area (Å²) in [7, 11) is 0. The van der Waals surface area contributed by atoms with E-state index in [2.05, 4.69) is 16.0 Å². The molecule has 1 heterocycles. The minimum Gasteiger partial charge on any atom is -0.350 e. The van der Waals surface area contributed by atoms with Gasteiger partial charge in [0.25, 0.3) is 5.91 Å². The smallest absolute Gasteiger partial charge is 0.251 e. The third-order valence-electron chi connectivity index (χ3n) is 5.10. The second-order valence-corrected chi connectivity index (χ2v) is 6.99. The first-order valence-corrected chi connectivity index (χ1v) is 9.05. The largest absolute Gasteiger partial charge is 0.350 e. The third kappa shape index (κ3) is 4.15. The fraction of sp³-hybridized carbons (Fsp3) is 0.579. The molecule has 1 aromatic carbocycles. The zero-order valence-corrected chi connectivity index (χ0v) is 14.3. The molecule has 2 aliphatic rings. The van der Waals surface area contributed by atoms with Crippen molar-refractivity contribution < 1.29 is 9.59 Å². The summed E-state index contributed by atoms with van der Waals surface area (Å²) in [6, 6.07) is 7.57. The molecule has 3 rings (SSSR count). The third-order valence-corrected chi connectivity index (χ3v) is 5.10. The van der Waals surface area contributed by atoms with Gasteiger partial charge >= 0.3 is 0 Å². The van der Waals surface area contributed by atoms with E-state index < -0.39 is 0 Å². The Balaban J connectivity index is 1.60. The summed E-state index contributed by atoms with van der Waals surface area (Å²) in [4.78, 5) is 24.8. The van der Waals surface area contributed by atoms with E-state index in [0.29, 0.717) is 5.56 Å². The highest BCUT2D eigenvalue weighted by Crippen LogP contribution is 2.20. The first-order valence-electron chi connectivity index (χ1n) is 9.05. The number of rotatable bonds is 4. The lowest BCUT2D eigenvalue weighted by Gasteiger charge is -2.33. The van der Waals surface area contributed by atoms with Crippen molar-refractivity contribution in [1.82, 2.24) is 16.0 Å². The quantitative estimate of drug-likeness (QED) is 0.790. The minimum absolute atomic E-state index is 0.0120. The summed E-state index contributed by atoms with van der Waals surface area (Å²) in [6.45, 7) is 2.92. The number of nitrogens with one attached hydrogen (secondary N) is 3. The highest BCUT2D eigenvalue weighted by atomic mass is 16.2. The SMILES string of the molecule is Cc1ccc(C(=O)N[C@@H]2CCCC[C@H]2NC(=O)[C@@H]2CCCN2)cc1. The second-order valence-electron chi connectivity index (χ2n) is 6.99. The van der Waals surface area contributed by atoms with Gasteiger partial charge in [-0.15, -0.1) is 0 Å². The summed E-state index contributed by atoms with van der Waals surface area (Å²) in [5.74, 6) is 0.0223. The Labute approximate surface area is 143 Å². The molecule has 1 aliphatic heterocycles. The molecular formula is C19H27N3O2. The number of amides is 2. The van der Waals surface area contributed by atoms with Crippen molar-refractivity contribution in [3.63, 3.8) is 0 Å². The van der Waals surface area contributed by atoms with Crippen molar-refractivity contribution in [2.75, 3.05) is 6.54 Å². The average molecular weight is 329 g/mol. The molecule has 1 saturated carbocycles. The first kappa shape index (κ1) is 17.0. The van der Waals surface area contributed by atoms with Gasteiger partial charge in [-0.3, -0.25) is 9.59 Å². The Bertz CT molecular complexity index is 579. The molecule has 24 heavy (non-hydrogen) atoms. The number of carbonyl (C=O) groups is 2. The van der Waals surface area contributed by atoms with E-state index in [9.17, 15) is 9.59 Å². The topological polar surface area (TPSA) is 70.2 Å². The lowest BCUT2D eigenvalue weighted by Crippen LogP contribution is -2.55. The van der Waals surface area contributed by atoms with Crippen molar-refractivity contribution in [3.05, 3.63) is 35.4 Å². The van der Waals surface area contributed by atoms with Gasteiger partial charge in [-0.25, -0.2) is 0 Å². The van der Waals surface area contributed by atoms with Crippen LogP contribution in [0, 0.1) is 6.92 Å². The molecule has 0 radical (unpaired) electrons. The monoisotopic (exact) mass is 329 g/mol. The van der Waals surface area contributed by atoms with Crippen LogP contribution in [0.3, 0.4) is 0 Å². The van der Waals surface area contributed by atoms with Crippen LogP contribution in [0.4, 0.5) is 0 Å². The highest BCUT2D eigenvalue weighted by Gasteiger charge is 2.31. The van der Waals surface area contributed by atoms with Crippen molar-refractivity contribution >= 4 is 11.8 Å². The van der Waals surface area contributed by atoms with Gasteiger partial charge in [0.05, 0.1) is 6.04 Å². The van der Waals surface area contributed by atoms with E-state index in [1.165, 1.54) is 0 Å². The highest BCUT2D eigenvalue weighted by molar-refractivity contribution is 5.94. The van der Waals surface area contributed by atoms with Crippen LogP contribution in [0.1, 0.15) is 54.4 Å². The normalized spacial score (nSPS) is 26.8. The van der Waals surface area contributed by atoms with Gasteiger partial charge in [-0.1, -0.05) is 30.5 Å². The lowest BCUT2D eigenvalue weighted by atomic mass is 9.89. The Morgan fingerprint density at radius 2 is 1.62 bits per heavy atom. The molecule has 5 heteroatoms. The van der Waals surface area contributed by atoms with Gasteiger partial charge in [-0.05, 0) is 51.3 Å². The van der Waals surface area contributed by atoms with Crippen LogP contribution < -0.4 is 16.0 Å². The Kier molecular flexibility index (Phi) is 5.51. The van der Waals surface area contributed by atoms with E-state index in [1.54, 1.807) is 0 Å². The van der Waals surface area contributed by atoms with Crippen molar-refractivity contribution in [2.24, 2.45) is 0 Å². The first-order chi connectivity index (χ1) is 11.6. The van der Waals surface area contributed by atoms with Crippen molar-refractivity contribution in [3.8, 4) is 0 Å². The van der Waals surface area contributed by atoms with E-state index in [0.717, 1.165) is 50.6 Å². The van der Waals surface area contributed by atoms with Crippen LogP contribution in [0.25, 0.3) is 0 Å². The average Bonchev–Trinajstić information content (AvgIpc) is 3.12. The molecule has 3 N–H and O–H groups in total. The molecule has 0 unspecified atom stereocenters. The van der Waals surface area contributed by atoms with Crippen molar-refractivity contribution in [1.29, 1.82) is 0 Å². The number of carbonyl (C=O) groups excluding carboxylic acids is 2. The zero-order chi connectivity index (χ0) is 16.9. The number of hydrogen-bond acceptors (Lipinski definition) is 3. The van der Waals surface area contributed by atoms with Gasteiger partial charge in [0.2, 0.25) is 5.91 Å². The molecule has 2 amide bonds. The fourth-order valence-corrected chi connectivity index (χ4v) is 3.62. The molecule has 1 aliphatic carbocycles. The van der Waals surface area contributed by atoms with Crippen LogP contribution in [0.15, 0.2) is 24.3 Å². The maximum atomic E-state index is 12.5. The molecule has 1 aromatic rings. The van der Waals surface area contributed by atoms with E-state index in [1.807, 2.05) is 31.2 Å². The Hall–Kier alpha value is -1.88. The van der Waals surface area contributed by atoms with Crippen LogP contribution in [0.2, 0.25) is 0 Å². The van der Waals surface area contributed by atoms with E-state index >= 15 is 0 Å². The van der Waals surface area contributed by atoms with Gasteiger partial charge in [0, 0.05) is 17.6 Å². The zero-order valence-electron chi connectivity index (χ0n) is 14.3. The lowest BCUT2D eigenvalue weighted by molar-refractivity contribution is -0.123. The predicted molar refractivity (Wildman–Crippen MR) is 93.9 cm³/mol. The van der Waals surface area contributed by atoms with Gasteiger partial charge in [0.1, 0.15) is 0 Å². The summed E-state index contributed by atoms with van der Waals surface area (Å²) in [5.41, 5.74) is 1.81. The van der Waals surface area contributed by atoms with Crippen LogP contribution in [0.5, 0.6) is 0 Å². The van der Waals surface area contributed by atoms with Crippen LogP contribution in [-0.2, 0) is 4.79 Å². The maximum absolute atomic E-state index is 12.5. The van der Waals surface area contributed by atoms with E-state index in [-0.39, 0.29) is 29.9 Å². The molecule has 0 spiro atoms. The molecule has 130 valence electrons. The Morgan fingerprint density at radius 1 is 0.958 bits per heavy atom. The predicted octanol–water partition coefficient (Wildman–Crippen LogP) is 1.90. The standard InChI is InChI=1S/C19H27N3O2/c1-13-8-10-14(11-9-13)18(23)21-15-5-2-3-6-16(15)22-19(24)17-7-4-12-20-17/h8-11,15-17,20H,2-7,12H2,1H3,(H,21,23)(H,22,24)/t15-,16-,17+/m1/s1. The number of benzene rings is 1. The maximum Gasteiger partial charge on any atom is 0.251 e. The number of hydrogen-bond donors (Lipinski definition) is 3. The van der Waals surface area contributed by atoms with Crippen LogP contribution in [-0.4, -0.2) is 36.5 Å². The molecule has 3 atom stereocenters. The van der Waals surface area contributed by atoms with Crippen molar-refractivity contribution in [2.45, 2.75) is 63.6 Å².